The van der Waals surface area contributed by atoms with Crippen LogP contribution in [0.25, 0.3) is 0 Å². The Labute approximate surface area is 167 Å². The first kappa shape index (κ1) is 19.3. The van der Waals surface area contributed by atoms with Gasteiger partial charge in [0.1, 0.15) is 5.60 Å². The number of halogens is 3. The van der Waals surface area contributed by atoms with E-state index in [4.69, 9.17) is 44.3 Å². The number of hydrogen-bond donors (Lipinski definition) is 1. The van der Waals surface area contributed by atoms with Crippen molar-refractivity contribution in [3.63, 3.8) is 0 Å². The fraction of sp³-hybridized carbons (Fsp3) is 0.316. The van der Waals surface area contributed by atoms with Crippen LogP contribution in [0, 0.1) is 0 Å². The smallest absolute Gasteiger partial charge is 0.345 e. The van der Waals surface area contributed by atoms with E-state index < -0.39 is 11.6 Å². The summed E-state index contributed by atoms with van der Waals surface area (Å²) in [5, 5.41) is 4.18. The molecule has 1 saturated heterocycles. The van der Waals surface area contributed by atoms with Crippen LogP contribution < -0.4 is 10.1 Å². The maximum absolute atomic E-state index is 12.5. The molecule has 2 aromatic rings. The summed E-state index contributed by atoms with van der Waals surface area (Å²) in [6, 6.07) is 12.8. The van der Waals surface area contributed by atoms with Crippen LogP contribution in [0.4, 0.5) is 0 Å². The van der Waals surface area contributed by atoms with E-state index in [9.17, 15) is 4.79 Å². The van der Waals surface area contributed by atoms with Crippen molar-refractivity contribution >= 4 is 40.8 Å². The molecule has 1 aliphatic heterocycles. The lowest BCUT2D eigenvalue weighted by Crippen LogP contribution is -2.43. The molecule has 0 aliphatic carbocycles. The van der Waals surface area contributed by atoms with E-state index in [1.807, 2.05) is 30.3 Å². The van der Waals surface area contributed by atoms with Gasteiger partial charge >= 0.3 is 5.97 Å². The molecule has 0 radical (unpaired) electrons. The van der Waals surface area contributed by atoms with Crippen LogP contribution in [0.5, 0.6) is 5.75 Å². The summed E-state index contributed by atoms with van der Waals surface area (Å²) in [7, 11) is 0. The molecule has 1 heterocycles. The number of rotatable bonds is 5. The lowest BCUT2D eigenvalue weighted by molar-refractivity contribution is -0.166. The second-order valence-electron chi connectivity index (χ2n) is 6.07. The zero-order valence-corrected chi connectivity index (χ0v) is 16.2. The van der Waals surface area contributed by atoms with Crippen molar-refractivity contribution in [3.8, 4) is 5.75 Å². The molecule has 1 aliphatic rings. The van der Waals surface area contributed by atoms with Crippen molar-refractivity contribution in [2.24, 2.45) is 0 Å². The number of hydrogen-bond acceptors (Lipinski definition) is 4. The summed E-state index contributed by atoms with van der Waals surface area (Å²) >= 11 is 18.0. The lowest BCUT2D eigenvalue weighted by Gasteiger charge is -2.37. The molecule has 0 atom stereocenters. The molecule has 1 fully saturated rings. The summed E-state index contributed by atoms with van der Waals surface area (Å²) in [6.07, 6.45) is 1.40. The van der Waals surface area contributed by atoms with Crippen LogP contribution in [-0.4, -0.2) is 25.7 Å². The minimum Gasteiger partial charge on any atom is -0.479 e. The first-order valence-corrected chi connectivity index (χ1v) is 9.39. The average molecular weight is 415 g/mol. The Hall–Kier alpha value is -1.46. The fourth-order valence-corrected chi connectivity index (χ4v) is 3.99. The van der Waals surface area contributed by atoms with Gasteiger partial charge in [-0.1, -0.05) is 65.1 Å². The molecule has 0 unspecified atom stereocenters. The summed E-state index contributed by atoms with van der Waals surface area (Å²) < 4.78 is 11.4. The minimum absolute atomic E-state index is 0.216. The van der Waals surface area contributed by atoms with E-state index in [1.165, 1.54) is 12.1 Å². The number of benzene rings is 2. The van der Waals surface area contributed by atoms with E-state index in [1.54, 1.807) is 0 Å². The fourth-order valence-electron chi connectivity index (χ4n) is 3.07. The minimum atomic E-state index is -0.652. The second-order valence-corrected chi connectivity index (χ2v) is 7.32. The predicted molar refractivity (Wildman–Crippen MR) is 103 cm³/mol. The maximum atomic E-state index is 12.5. The van der Waals surface area contributed by atoms with Crippen molar-refractivity contribution in [1.82, 2.24) is 5.32 Å². The number of ether oxygens (including phenoxy) is 2. The summed E-state index contributed by atoms with van der Waals surface area (Å²) in [4.78, 5) is 12.5. The molecule has 0 saturated carbocycles. The predicted octanol–water partition coefficient (Wildman–Crippen LogP) is 4.85. The van der Waals surface area contributed by atoms with Crippen LogP contribution in [0.3, 0.4) is 0 Å². The number of esters is 1. The average Bonchev–Trinajstić information content (AvgIpc) is 2.62. The molecule has 138 valence electrons. The monoisotopic (exact) mass is 413 g/mol. The van der Waals surface area contributed by atoms with E-state index in [0.717, 1.165) is 18.7 Å². The first-order valence-electron chi connectivity index (χ1n) is 8.26. The highest BCUT2D eigenvalue weighted by Crippen LogP contribution is 2.37. The van der Waals surface area contributed by atoms with Crippen molar-refractivity contribution < 1.29 is 14.3 Å². The molecule has 0 amide bonds. The molecule has 0 bridgehead atoms. The van der Waals surface area contributed by atoms with Crippen LogP contribution in [-0.2, 0) is 15.1 Å². The maximum Gasteiger partial charge on any atom is 0.345 e. The second kappa shape index (κ2) is 8.49. The molecule has 0 spiro atoms. The lowest BCUT2D eigenvalue weighted by atomic mass is 9.85. The zero-order valence-electron chi connectivity index (χ0n) is 13.9. The Balaban J connectivity index is 1.71. The Morgan fingerprint density at radius 2 is 1.65 bits per heavy atom. The number of piperidine rings is 1. The van der Waals surface area contributed by atoms with E-state index in [2.05, 4.69) is 5.32 Å². The van der Waals surface area contributed by atoms with Crippen molar-refractivity contribution in [3.05, 3.63) is 63.1 Å². The van der Waals surface area contributed by atoms with Gasteiger partial charge in [0.05, 0.1) is 10.0 Å². The van der Waals surface area contributed by atoms with Gasteiger partial charge in [-0.05, 0) is 30.8 Å². The van der Waals surface area contributed by atoms with Crippen LogP contribution in [0.2, 0.25) is 15.1 Å². The standard InChI is InChI=1S/C19H18Cl3NO3/c20-14-10-15(21)18(16(22)11-14)25-12-17(24)26-19(6-8-23-9-7-19)13-4-2-1-3-5-13/h1-5,10-11,23H,6-9,12H2. The van der Waals surface area contributed by atoms with E-state index >= 15 is 0 Å². The first-order chi connectivity index (χ1) is 12.5. The summed E-state index contributed by atoms with van der Waals surface area (Å²) in [5.74, 6) is -0.258. The zero-order chi connectivity index (χ0) is 18.6. The molecule has 26 heavy (non-hydrogen) atoms. The quantitative estimate of drug-likeness (QED) is 0.711. The highest BCUT2D eigenvalue weighted by atomic mass is 35.5. The molecule has 3 rings (SSSR count). The van der Waals surface area contributed by atoms with E-state index in [0.29, 0.717) is 17.9 Å². The van der Waals surface area contributed by atoms with E-state index in [-0.39, 0.29) is 22.4 Å². The van der Waals surface area contributed by atoms with Gasteiger partial charge < -0.3 is 14.8 Å². The van der Waals surface area contributed by atoms with Crippen LogP contribution in [0.15, 0.2) is 42.5 Å². The number of carbonyl (C=O) groups is 1. The van der Waals surface area contributed by atoms with Crippen molar-refractivity contribution in [2.45, 2.75) is 18.4 Å². The Morgan fingerprint density at radius 3 is 2.27 bits per heavy atom. The molecule has 4 nitrogen and oxygen atoms in total. The molecule has 7 heteroatoms. The van der Waals surface area contributed by atoms with Gasteiger partial charge in [0, 0.05) is 17.9 Å². The summed E-state index contributed by atoms with van der Waals surface area (Å²) in [6.45, 7) is 1.26. The Morgan fingerprint density at radius 1 is 1.04 bits per heavy atom. The van der Waals surface area contributed by atoms with Crippen LogP contribution >= 0.6 is 34.8 Å². The van der Waals surface area contributed by atoms with Gasteiger partial charge in [-0.15, -0.1) is 0 Å². The van der Waals surface area contributed by atoms with Gasteiger partial charge in [-0.3, -0.25) is 0 Å². The SMILES string of the molecule is O=C(COc1c(Cl)cc(Cl)cc1Cl)OC1(c2ccccc2)CCNCC1. The Bertz CT molecular complexity index is 754. The van der Waals surface area contributed by atoms with Crippen LogP contribution in [0.1, 0.15) is 18.4 Å². The number of nitrogens with one attached hydrogen (secondary N) is 1. The molecular formula is C19H18Cl3NO3. The van der Waals surface area contributed by atoms with Gasteiger partial charge in [0.25, 0.3) is 0 Å². The molecule has 1 N–H and O–H groups in total. The third-order valence-corrected chi connectivity index (χ3v) is 5.10. The van der Waals surface area contributed by atoms with Gasteiger partial charge in [-0.2, -0.15) is 0 Å². The highest BCUT2D eigenvalue weighted by molar-refractivity contribution is 6.40. The molecular weight excluding hydrogens is 397 g/mol. The van der Waals surface area contributed by atoms with Gasteiger partial charge in [-0.25, -0.2) is 4.79 Å². The molecule has 0 aromatic heterocycles. The molecule has 2 aromatic carbocycles. The topological polar surface area (TPSA) is 47.6 Å². The highest BCUT2D eigenvalue weighted by Gasteiger charge is 2.37. The Kier molecular flexibility index (Phi) is 6.30. The number of carbonyl (C=O) groups excluding carboxylic acids is 1. The normalized spacial score (nSPS) is 16.1. The third-order valence-electron chi connectivity index (χ3n) is 4.32. The van der Waals surface area contributed by atoms with Gasteiger partial charge in [0.2, 0.25) is 0 Å². The van der Waals surface area contributed by atoms with Crippen molar-refractivity contribution in [1.29, 1.82) is 0 Å². The largest absolute Gasteiger partial charge is 0.479 e. The van der Waals surface area contributed by atoms with Gasteiger partial charge in [0.15, 0.2) is 12.4 Å². The third kappa shape index (κ3) is 4.44. The summed E-state index contributed by atoms with van der Waals surface area (Å²) in [5.41, 5.74) is 0.331. The van der Waals surface area contributed by atoms with Crippen molar-refractivity contribution in [2.75, 3.05) is 19.7 Å².